The molecule has 0 radical (unpaired) electrons. The number of hydrogen-bond donors (Lipinski definition) is 6. The van der Waals surface area contributed by atoms with Crippen molar-refractivity contribution in [1.82, 2.24) is 20.3 Å². The van der Waals surface area contributed by atoms with Crippen LogP contribution in [0.4, 0.5) is 5.95 Å². The highest BCUT2D eigenvalue weighted by Crippen LogP contribution is 2.16. The van der Waals surface area contributed by atoms with E-state index >= 15 is 0 Å². The number of nitrogen functional groups attached to an aromatic ring is 1. The molecule has 2 aromatic heterocycles. The average Bonchev–Trinajstić information content (AvgIpc) is 3.13. The first kappa shape index (κ1) is 23.1. The van der Waals surface area contributed by atoms with Crippen molar-refractivity contribution in [2.24, 2.45) is 0 Å². The van der Waals surface area contributed by atoms with Gasteiger partial charge in [-0.2, -0.15) is 4.98 Å². The highest BCUT2D eigenvalue weighted by Gasteiger charge is 2.11. The summed E-state index contributed by atoms with van der Waals surface area (Å²) in [5.41, 5.74) is 8.13. The highest BCUT2D eigenvalue weighted by molar-refractivity contribution is 5.94. The van der Waals surface area contributed by atoms with Gasteiger partial charge in [0.25, 0.3) is 17.9 Å². The number of fused-ring (bicyclic) bond motifs is 1. The Kier molecular flexibility index (Phi) is 8.31. The first-order valence-corrected chi connectivity index (χ1v) is 9.38. The minimum atomic E-state index is -0.880. The number of aromatic nitrogens is 3. The number of nitrogens with one attached hydrogen (secondary N) is 3. The minimum Gasteiger partial charge on any atom is -0.483 e. The topological polar surface area (TPSA) is 191 Å². The zero-order valence-electron chi connectivity index (χ0n) is 16.6. The Hall–Kier alpha value is -4.15. The quantitative estimate of drug-likeness (QED) is 0.225. The lowest BCUT2D eigenvalue weighted by Gasteiger charge is -2.06. The van der Waals surface area contributed by atoms with Gasteiger partial charge < -0.3 is 26.2 Å². The number of rotatable bonds is 8. The Morgan fingerprint density at radius 1 is 1.19 bits per heavy atom. The second kappa shape index (κ2) is 11.1. The van der Waals surface area contributed by atoms with E-state index in [0.29, 0.717) is 42.4 Å². The maximum absolute atomic E-state index is 12.1. The standard InChI is InChI=1S/C19H21N5O4.CH2O2/c20-19-23-16-15(18(28)24-19)13(10-22-16)8-5-11-3-6-12(7-4-11)17(27)21-9-1-2-14(25)26;2-1-3/h3-4,6-7,10H,1-2,5,8-9H2,(H,21,27)(H,25,26)(H4,20,22,23,24,28);1H,(H,2,3). The maximum atomic E-state index is 12.1. The smallest absolute Gasteiger partial charge is 0.303 e. The molecule has 0 unspecified atom stereocenters. The van der Waals surface area contributed by atoms with E-state index in [-0.39, 0.29) is 30.3 Å². The number of nitrogens with two attached hydrogens (primary N) is 1. The van der Waals surface area contributed by atoms with Crippen molar-refractivity contribution < 1.29 is 24.6 Å². The zero-order valence-corrected chi connectivity index (χ0v) is 16.6. The van der Waals surface area contributed by atoms with Crippen molar-refractivity contribution >= 4 is 35.3 Å². The minimum absolute atomic E-state index is 0.0258. The van der Waals surface area contributed by atoms with E-state index in [1.54, 1.807) is 18.3 Å². The van der Waals surface area contributed by atoms with E-state index in [1.807, 2.05) is 12.1 Å². The largest absolute Gasteiger partial charge is 0.483 e. The lowest BCUT2D eigenvalue weighted by atomic mass is 10.0. The molecule has 1 aromatic carbocycles. The van der Waals surface area contributed by atoms with Crippen LogP contribution in [0.2, 0.25) is 0 Å². The summed E-state index contributed by atoms with van der Waals surface area (Å²) >= 11 is 0. The van der Waals surface area contributed by atoms with Crippen LogP contribution in [0.15, 0.2) is 35.3 Å². The third kappa shape index (κ3) is 6.70. The van der Waals surface area contributed by atoms with Gasteiger partial charge in [-0.05, 0) is 42.5 Å². The van der Waals surface area contributed by atoms with E-state index in [2.05, 4.69) is 20.3 Å². The second-order valence-electron chi connectivity index (χ2n) is 6.54. The molecule has 3 rings (SSSR count). The molecule has 0 fully saturated rings. The monoisotopic (exact) mass is 429 g/mol. The predicted molar refractivity (Wildman–Crippen MR) is 113 cm³/mol. The van der Waals surface area contributed by atoms with Gasteiger partial charge in [0.05, 0.1) is 5.39 Å². The maximum Gasteiger partial charge on any atom is 0.303 e. The van der Waals surface area contributed by atoms with Gasteiger partial charge in [-0.25, -0.2) is 0 Å². The van der Waals surface area contributed by atoms with Crippen molar-refractivity contribution in [3.63, 3.8) is 0 Å². The number of aromatic amines is 2. The van der Waals surface area contributed by atoms with Crippen molar-refractivity contribution in [1.29, 1.82) is 0 Å². The van der Waals surface area contributed by atoms with E-state index < -0.39 is 5.97 Å². The van der Waals surface area contributed by atoms with E-state index in [4.69, 9.17) is 20.7 Å². The van der Waals surface area contributed by atoms with Crippen LogP contribution in [0, 0.1) is 0 Å². The summed E-state index contributed by atoms with van der Waals surface area (Å²) in [6.07, 6.45) is 3.50. The van der Waals surface area contributed by atoms with Crippen LogP contribution in [0.1, 0.15) is 34.3 Å². The molecular weight excluding hydrogens is 406 g/mol. The van der Waals surface area contributed by atoms with Crippen LogP contribution < -0.4 is 16.6 Å². The highest BCUT2D eigenvalue weighted by atomic mass is 16.4. The van der Waals surface area contributed by atoms with Crippen LogP contribution in [-0.2, 0) is 22.4 Å². The van der Waals surface area contributed by atoms with Crippen molar-refractivity contribution in [2.45, 2.75) is 25.7 Å². The molecule has 1 amide bonds. The first-order chi connectivity index (χ1) is 14.8. The predicted octanol–water partition coefficient (Wildman–Crippen LogP) is 0.914. The van der Waals surface area contributed by atoms with Crippen molar-refractivity contribution in [3.05, 3.63) is 57.5 Å². The fourth-order valence-corrected chi connectivity index (χ4v) is 2.96. The fourth-order valence-electron chi connectivity index (χ4n) is 2.96. The molecule has 0 bridgehead atoms. The number of benzene rings is 1. The molecule has 3 aromatic rings. The molecular formula is C20H23N5O6. The Morgan fingerprint density at radius 3 is 2.52 bits per heavy atom. The number of carbonyl (C=O) groups excluding carboxylic acids is 1. The molecule has 0 spiro atoms. The normalized spacial score (nSPS) is 10.2. The number of aliphatic carboxylic acids is 1. The number of aryl methyl sites for hydroxylation is 2. The Bertz CT molecular complexity index is 1100. The molecule has 0 aliphatic heterocycles. The Morgan fingerprint density at radius 2 is 1.87 bits per heavy atom. The van der Waals surface area contributed by atoms with Gasteiger partial charge >= 0.3 is 5.97 Å². The van der Waals surface area contributed by atoms with Gasteiger partial charge in [-0.1, -0.05) is 12.1 Å². The summed E-state index contributed by atoms with van der Waals surface area (Å²) in [7, 11) is 0. The number of amides is 1. The van der Waals surface area contributed by atoms with Crippen LogP contribution >= 0.6 is 0 Å². The third-order valence-corrected chi connectivity index (χ3v) is 4.39. The summed E-state index contributed by atoms with van der Waals surface area (Å²) in [5, 5.41) is 18.7. The lowest BCUT2D eigenvalue weighted by molar-refractivity contribution is -0.137. The number of carbonyl (C=O) groups is 3. The van der Waals surface area contributed by atoms with Crippen LogP contribution in [0.5, 0.6) is 0 Å². The molecule has 31 heavy (non-hydrogen) atoms. The summed E-state index contributed by atoms with van der Waals surface area (Å²) in [6.45, 7) is 0.0700. The van der Waals surface area contributed by atoms with Gasteiger partial charge in [-0.15, -0.1) is 0 Å². The lowest BCUT2D eigenvalue weighted by Crippen LogP contribution is -2.24. The molecule has 0 saturated heterocycles. The number of carboxylic acid groups (broad SMARTS) is 2. The summed E-state index contributed by atoms with van der Waals surface area (Å²) in [4.78, 5) is 52.5. The van der Waals surface area contributed by atoms with Gasteiger partial charge in [0, 0.05) is 24.7 Å². The van der Waals surface area contributed by atoms with E-state index in [1.165, 1.54) is 0 Å². The molecule has 11 nitrogen and oxygen atoms in total. The van der Waals surface area contributed by atoms with Crippen LogP contribution in [0.3, 0.4) is 0 Å². The summed E-state index contributed by atoms with van der Waals surface area (Å²) in [6, 6.07) is 7.18. The van der Waals surface area contributed by atoms with Gasteiger partial charge in [0.1, 0.15) is 5.65 Å². The molecule has 0 saturated carbocycles. The van der Waals surface area contributed by atoms with Gasteiger partial charge in [-0.3, -0.25) is 24.2 Å². The molecule has 164 valence electrons. The second-order valence-corrected chi connectivity index (χ2v) is 6.54. The third-order valence-electron chi connectivity index (χ3n) is 4.39. The van der Waals surface area contributed by atoms with E-state index in [9.17, 15) is 14.4 Å². The summed E-state index contributed by atoms with van der Waals surface area (Å²) < 4.78 is 0. The Balaban J connectivity index is 0.00000107. The molecule has 0 aliphatic carbocycles. The molecule has 0 aliphatic rings. The summed E-state index contributed by atoms with van der Waals surface area (Å²) in [5.74, 6) is -1.04. The van der Waals surface area contributed by atoms with Crippen LogP contribution in [-0.4, -0.2) is 50.1 Å². The molecule has 11 heteroatoms. The van der Waals surface area contributed by atoms with Crippen LogP contribution in [0.25, 0.3) is 11.0 Å². The van der Waals surface area contributed by atoms with Gasteiger partial charge in [0.15, 0.2) is 0 Å². The fraction of sp³-hybridized carbons (Fsp3) is 0.250. The van der Waals surface area contributed by atoms with Gasteiger partial charge in [0.2, 0.25) is 5.95 Å². The number of anilines is 1. The Labute approximate surface area is 176 Å². The molecule has 0 atom stereocenters. The number of hydrogen-bond acceptors (Lipinski definition) is 6. The van der Waals surface area contributed by atoms with Crippen molar-refractivity contribution in [3.8, 4) is 0 Å². The molecule has 7 N–H and O–H groups in total. The number of carboxylic acids is 1. The zero-order chi connectivity index (χ0) is 22.8. The van der Waals surface area contributed by atoms with E-state index in [0.717, 1.165) is 11.1 Å². The SMILES string of the molecule is Nc1nc2[nH]cc(CCc3ccc(C(=O)NCCCC(=O)O)cc3)c2c(=O)[nH]1.O=CO. The first-order valence-electron chi connectivity index (χ1n) is 9.38. The van der Waals surface area contributed by atoms with Crippen molar-refractivity contribution in [2.75, 3.05) is 12.3 Å². The molecule has 2 heterocycles. The number of H-pyrrole nitrogens is 2. The number of nitrogens with zero attached hydrogens (tertiary/aromatic N) is 1. The average molecular weight is 429 g/mol.